The fourth-order valence-corrected chi connectivity index (χ4v) is 2.19. The highest BCUT2D eigenvalue weighted by Gasteiger charge is 2.44. The Morgan fingerprint density at radius 1 is 1.35 bits per heavy atom. The Morgan fingerprint density at radius 2 is 2.00 bits per heavy atom. The highest BCUT2D eigenvalue weighted by molar-refractivity contribution is 6.02. The fourth-order valence-electron chi connectivity index (χ4n) is 2.19. The molecule has 2 rings (SSSR count). The average Bonchev–Trinajstić information content (AvgIpc) is 3.05. The Labute approximate surface area is 100 Å². The highest BCUT2D eigenvalue weighted by Crippen LogP contribution is 2.42. The van der Waals surface area contributed by atoms with Crippen LogP contribution in [0.15, 0.2) is 16.3 Å². The number of rotatable bonds is 3. The van der Waals surface area contributed by atoms with Crippen LogP contribution in [-0.2, 0) is 4.79 Å². The molecule has 17 heavy (non-hydrogen) atoms. The maximum absolute atomic E-state index is 10.5. The molecule has 0 saturated heterocycles. The quantitative estimate of drug-likeness (QED) is 0.678. The molecule has 0 aromatic carbocycles. The predicted octanol–water partition coefficient (Wildman–Crippen LogP) is 0.824. The molecule has 94 valence electrons. The van der Waals surface area contributed by atoms with Gasteiger partial charge in [-0.3, -0.25) is 9.79 Å². The Hall–Kier alpha value is -1.36. The molecule has 0 heterocycles. The lowest BCUT2D eigenvalue weighted by atomic mass is 9.89. The van der Waals surface area contributed by atoms with Gasteiger partial charge in [0.2, 0.25) is 0 Å². The molecule has 0 bridgehead atoms. The number of carboxylic acids is 1. The third-order valence-electron chi connectivity index (χ3n) is 3.39. The normalized spacial score (nSPS) is 27.9. The van der Waals surface area contributed by atoms with Crippen LogP contribution < -0.4 is 5.73 Å². The van der Waals surface area contributed by atoms with Crippen molar-refractivity contribution in [1.82, 2.24) is 0 Å². The molecular weight excluding hydrogens is 220 g/mol. The zero-order valence-corrected chi connectivity index (χ0v) is 9.78. The molecule has 2 fully saturated rings. The first kappa shape index (κ1) is 12.1. The average molecular weight is 238 g/mol. The summed E-state index contributed by atoms with van der Waals surface area (Å²) < 4.78 is 0. The zero-order chi connectivity index (χ0) is 12.5. The van der Waals surface area contributed by atoms with Gasteiger partial charge in [-0.25, -0.2) is 0 Å². The van der Waals surface area contributed by atoms with Crippen LogP contribution in [0.25, 0.3) is 0 Å². The van der Waals surface area contributed by atoms with Gasteiger partial charge in [0.15, 0.2) is 0 Å². The first-order valence-electron chi connectivity index (χ1n) is 6.00. The van der Waals surface area contributed by atoms with Gasteiger partial charge in [-0.05, 0) is 44.1 Å². The second-order valence-corrected chi connectivity index (χ2v) is 4.79. The van der Waals surface area contributed by atoms with E-state index in [9.17, 15) is 9.90 Å². The van der Waals surface area contributed by atoms with Crippen LogP contribution >= 0.6 is 0 Å². The molecule has 2 aliphatic carbocycles. The standard InChI is InChI=1S/C12H18N2O3/c13-11(12(17)5-6-12)8-3-1-2-4-9(8)14-7-10(15)16/h17H,1-7,13H2,(H,15,16). The summed E-state index contributed by atoms with van der Waals surface area (Å²) in [6.45, 7) is -0.218. The number of aliphatic carboxylic acids is 1. The van der Waals surface area contributed by atoms with Crippen LogP contribution in [0.4, 0.5) is 0 Å². The van der Waals surface area contributed by atoms with Crippen molar-refractivity contribution in [1.29, 1.82) is 0 Å². The number of hydrogen-bond acceptors (Lipinski definition) is 4. The van der Waals surface area contributed by atoms with E-state index in [2.05, 4.69) is 4.99 Å². The zero-order valence-electron chi connectivity index (χ0n) is 9.78. The van der Waals surface area contributed by atoms with Gasteiger partial charge in [-0.1, -0.05) is 0 Å². The molecule has 4 N–H and O–H groups in total. The van der Waals surface area contributed by atoms with Crippen LogP contribution in [0.1, 0.15) is 38.5 Å². The maximum Gasteiger partial charge on any atom is 0.325 e. The molecule has 5 nitrogen and oxygen atoms in total. The number of hydrogen-bond donors (Lipinski definition) is 3. The highest BCUT2D eigenvalue weighted by atomic mass is 16.4. The van der Waals surface area contributed by atoms with Gasteiger partial charge in [-0.2, -0.15) is 0 Å². The van der Waals surface area contributed by atoms with Crippen LogP contribution in [0.3, 0.4) is 0 Å². The van der Waals surface area contributed by atoms with Gasteiger partial charge in [0, 0.05) is 11.4 Å². The van der Waals surface area contributed by atoms with Gasteiger partial charge in [0.05, 0.1) is 0 Å². The molecule has 0 spiro atoms. The van der Waals surface area contributed by atoms with Crippen LogP contribution in [-0.4, -0.2) is 34.0 Å². The van der Waals surface area contributed by atoms with Crippen molar-refractivity contribution < 1.29 is 15.0 Å². The summed E-state index contributed by atoms with van der Waals surface area (Å²) in [5.41, 5.74) is 7.33. The number of carboxylic acid groups (broad SMARTS) is 1. The second-order valence-electron chi connectivity index (χ2n) is 4.79. The largest absolute Gasteiger partial charge is 0.480 e. The molecule has 2 saturated carbocycles. The predicted molar refractivity (Wildman–Crippen MR) is 63.8 cm³/mol. The van der Waals surface area contributed by atoms with E-state index in [0.717, 1.165) is 37.0 Å². The van der Waals surface area contributed by atoms with E-state index < -0.39 is 11.6 Å². The minimum absolute atomic E-state index is 0.218. The molecule has 0 radical (unpaired) electrons. The lowest BCUT2D eigenvalue weighted by Gasteiger charge is -2.21. The maximum atomic E-state index is 10.5. The summed E-state index contributed by atoms with van der Waals surface area (Å²) in [4.78, 5) is 14.6. The van der Waals surface area contributed by atoms with E-state index in [1.54, 1.807) is 0 Å². The first-order chi connectivity index (χ1) is 8.03. The van der Waals surface area contributed by atoms with E-state index in [1.165, 1.54) is 0 Å². The topological polar surface area (TPSA) is 95.9 Å². The van der Waals surface area contributed by atoms with Crippen molar-refractivity contribution in [3.63, 3.8) is 0 Å². The molecule has 0 amide bonds. The molecule has 0 aliphatic heterocycles. The Bertz CT molecular complexity index is 395. The first-order valence-corrected chi connectivity index (χ1v) is 6.00. The van der Waals surface area contributed by atoms with Crippen molar-refractivity contribution in [2.24, 2.45) is 10.7 Å². The van der Waals surface area contributed by atoms with Crippen molar-refractivity contribution >= 4 is 11.7 Å². The number of carbonyl (C=O) groups is 1. The van der Waals surface area contributed by atoms with Crippen molar-refractivity contribution in [2.45, 2.75) is 44.1 Å². The number of nitrogens with two attached hydrogens (primary N) is 1. The molecule has 0 aromatic heterocycles. The summed E-state index contributed by atoms with van der Waals surface area (Å²) >= 11 is 0. The smallest absolute Gasteiger partial charge is 0.325 e. The number of aliphatic imine (C=N–C) groups is 1. The van der Waals surface area contributed by atoms with Crippen molar-refractivity contribution in [2.75, 3.05) is 6.54 Å². The lowest BCUT2D eigenvalue weighted by molar-refractivity contribution is -0.135. The lowest BCUT2D eigenvalue weighted by Crippen LogP contribution is -2.26. The van der Waals surface area contributed by atoms with E-state index in [-0.39, 0.29) is 6.54 Å². The van der Waals surface area contributed by atoms with Gasteiger partial charge >= 0.3 is 5.97 Å². The van der Waals surface area contributed by atoms with E-state index in [1.807, 2.05) is 0 Å². The van der Waals surface area contributed by atoms with E-state index in [0.29, 0.717) is 18.5 Å². The summed E-state index contributed by atoms with van der Waals surface area (Å²) in [7, 11) is 0. The van der Waals surface area contributed by atoms with Crippen LogP contribution in [0.5, 0.6) is 0 Å². The summed E-state index contributed by atoms with van der Waals surface area (Å²) in [6, 6.07) is 0. The van der Waals surface area contributed by atoms with Crippen LogP contribution in [0, 0.1) is 0 Å². The SMILES string of the molecule is NC(=C1CCCCC1=NCC(=O)O)C1(O)CC1. The molecule has 2 aliphatic rings. The Balaban J connectivity index is 2.23. The third-order valence-corrected chi connectivity index (χ3v) is 3.39. The molecule has 0 unspecified atom stereocenters. The molecule has 0 atom stereocenters. The Morgan fingerprint density at radius 3 is 2.59 bits per heavy atom. The fraction of sp³-hybridized carbons (Fsp3) is 0.667. The molecule has 5 heteroatoms. The van der Waals surface area contributed by atoms with Gasteiger partial charge in [0.25, 0.3) is 0 Å². The third kappa shape index (κ3) is 2.66. The summed E-state index contributed by atoms with van der Waals surface area (Å²) in [5, 5.41) is 18.6. The monoisotopic (exact) mass is 238 g/mol. The van der Waals surface area contributed by atoms with Crippen molar-refractivity contribution in [3.05, 3.63) is 11.3 Å². The van der Waals surface area contributed by atoms with Crippen molar-refractivity contribution in [3.8, 4) is 0 Å². The van der Waals surface area contributed by atoms with E-state index >= 15 is 0 Å². The van der Waals surface area contributed by atoms with Gasteiger partial charge in [-0.15, -0.1) is 0 Å². The number of allylic oxidation sites excluding steroid dienone is 1. The minimum Gasteiger partial charge on any atom is -0.480 e. The van der Waals surface area contributed by atoms with Crippen LogP contribution in [0.2, 0.25) is 0 Å². The molecule has 0 aromatic rings. The number of aliphatic hydroxyl groups is 1. The summed E-state index contributed by atoms with van der Waals surface area (Å²) in [5.74, 6) is -0.939. The molecular formula is C12H18N2O3. The van der Waals surface area contributed by atoms with Gasteiger partial charge < -0.3 is 15.9 Å². The second kappa shape index (κ2) is 4.49. The number of nitrogens with zero attached hydrogens (tertiary/aromatic N) is 1. The van der Waals surface area contributed by atoms with Gasteiger partial charge in [0.1, 0.15) is 12.1 Å². The minimum atomic E-state index is -0.939. The Kier molecular flexibility index (Phi) is 3.19. The van der Waals surface area contributed by atoms with E-state index in [4.69, 9.17) is 10.8 Å². The summed E-state index contributed by atoms with van der Waals surface area (Å²) in [6.07, 6.45) is 5.00.